The average molecular weight is 479 g/mol. The summed E-state index contributed by atoms with van der Waals surface area (Å²) in [4.78, 5) is 0.0345. The van der Waals surface area contributed by atoms with E-state index >= 15 is 0 Å². The Balaban J connectivity index is 0.000000455. The maximum Gasteiger partial charge on any atom is 0.353 e. The largest absolute Gasteiger partial charge is 0.481 e. The maximum absolute atomic E-state index is 10.9. The fraction of sp³-hybridized carbons (Fsp3) is 0.111. The first-order chi connectivity index (χ1) is 13.5. The first-order valence-corrected chi connectivity index (χ1v) is 11.9. The lowest BCUT2D eigenvalue weighted by Gasteiger charge is -2.01. The average Bonchev–Trinajstić information content (AvgIpc) is 2.64. The highest BCUT2D eigenvalue weighted by Crippen LogP contribution is 2.18. The zero-order valence-electron chi connectivity index (χ0n) is 14.7. The Bertz CT molecular complexity index is 1010. The van der Waals surface area contributed by atoms with Crippen LogP contribution < -0.4 is 9.47 Å². The van der Waals surface area contributed by atoms with E-state index in [0.29, 0.717) is 12.4 Å². The van der Waals surface area contributed by atoms with Crippen LogP contribution in [0.4, 0.5) is 0 Å². The van der Waals surface area contributed by atoms with Crippen LogP contribution in [-0.2, 0) is 18.4 Å². The number of hydrogen-bond donors (Lipinski definition) is 1. The summed E-state index contributed by atoms with van der Waals surface area (Å²) >= 11 is 0. The van der Waals surface area contributed by atoms with E-state index in [2.05, 4.69) is 22.5 Å². The van der Waals surface area contributed by atoms with Crippen molar-refractivity contribution in [2.45, 2.75) is 4.90 Å². The molecule has 29 heavy (non-hydrogen) atoms. The second-order valence-corrected chi connectivity index (χ2v) is 9.18. The molecule has 1 N–H and O–H groups in total. The second-order valence-electron chi connectivity index (χ2n) is 4.62. The molecule has 0 aliphatic heterocycles. The topological polar surface area (TPSA) is 107 Å². The number of halogens is 2. The lowest BCUT2D eigenvalue weighted by Crippen LogP contribution is -1.94. The molecule has 2 aromatic rings. The smallest absolute Gasteiger partial charge is 0.353 e. The molecule has 156 valence electrons. The van der Waals surface area contributed by atoms with Gasteiger partial charge in [-0.05, 0) is 36.4 Å². The molecule has 0 fully saturated rings. The third kappa shape index (κ3) is 16.3. The summed E-state index contributed by atoms with van der Waals surface area (Å²) in [6.45, 7) is 0.483. The highest BCUT2D eigenvalue weighted by Gasteiger charge is 2.08. The van der Waals surface area contributed by atoms with Crippen molar-refractivity contribution >= 4 is 39.7 Å². The monoisotopic (exact) mass is 478 g/mol. The molecule has 0 aromatic heterocycles. The molecule has 0 amide bonds. The fourth-order valence-corrected chi connectivity index (χ4v) is 2.23. The molecular weight excluding hydrogens is 463 g/mol. The van der Waals surface area contributed by atoms with Gasteiger partial charge in [-0.1, -0.05) is 30.0 Å². The molecule has 0 unspecified atom stereocenters. The van der Waals surface area contributed by atoms with Crippen LogP contribution in [0.3, 0.4) is 0 Å². The number of ether oxygens (including phenoxy) is 2. The van der Waals surface area contributed by atoms with E-state index in [1.165, 1.54) is 24.3 Å². The van der Waals surface area contributed by atoms with Crippen molar-refractivity contribution < 1.29 is 30.9 Å². The lowest BCUT2D eigenvalue weighted by atomic mass is 10.3. The van der Waals surface area contributed by atoms with Crippen molar-refractivity contribution in [1.82, 2.24) is 0 Å². The highest BCUT2D eigenvalue weighted by molar-refractivity contribution is 8.13. The zero-order chi connectivity index (χ0) is 22.3. The van der Waals surface area contributed by atoms with Gasteiger partial charge in [-0.25, -0.2) is 8.42 Å². The summed E-state index contributed by atoms with van der Waals surface area (Å²) in [7, 11) is 1.31. The Kier molecular flexibility index (Phi) is 12.6. The lowest BCUT2D eigenvalue weighted by molar-refractivity contribution is 0.370. The predicted molar refractivity (Wildman–Crippen MR) is 112 cm³/mol. The number of rotatable bonds is 5. The van der Waals surface area contributed by atoms with E-state index in [9.17, 15) is 8.42 Å². The standard InChI is InChI=1S/C9H7ClO3S.C9H8O.ClHO3S/c1-2-7-13-8-3-5-9(6-4-8)14(10,11)12;1-2-8-10-9-6-4-3-5-7-9;1-5(2,3)4/h1,3-6H,7H2;1,3-7H,8H2;(H,2,3,4). The Labute approximate surface area is 179 Å². The Hall–Kier alpha value is -2.40. The van der Waals surface area contributed by atoms with E-state index in [-0.39, 0.29) is 11.5 Å². The predicted octanol–water partition coefficient (Wildman–Crippen LogP) is 3.35. The number of hydrogen-bond acceptors (Lipinski definition) is 6. The van der Waals surface area contributed by atoms with E-state index in [1.54, 1.807) is 0 Å². The van der Waals surface area contributed by atoms with Crippen molar-refractivity contribution in [3.05, 3.63) is 54.6 Å². The van der Waals surface area contributed by atoms with Crippen molar-refractivity contribution in [2.24, 2.45) is 0 Å². The van der Waals surface area contributed by atoms with Crippen molar-refractivity contribution in [3.63, 3.8) is 0 Å². The molecular formula is C18H16Cl2O7S2. The Morgan fingerprint density at radius 3 is 1.52 bits per heavy atom. The minimum absolute atomic E-state index is 0.0345. The first-order valence-electron chi connectivity index (χ1n) is 7.36. The van der Waals surface area contributed by atoms with E-state index in [1.807, 2.05) is 30.3 Å². The summed E-state index contributed by atoms with van der Waals surface area (Å²) in [6, 6.07) is 15.2. The van der Waals surface area contributed by atoms with Crippen LogP contribution in [0.5, 0.6) is 11.5 Å². The summed E-state index contributed by atoms with van der Waals surface area (Å²) in [5.74, 6) is 6.01. The van der Waals surface area contributed by atoms with Gasteiger partial charge in [0.05, 0.1) is 4.90 Å². The third-order valence-electron chi connectivity index (χ3n) is 2.49. The highest BCUT2D eigenvalue weighted by atomic mass is 35.7. The number of terminal acetylenes is 2. The van der Waals surface area contributed by atoms with Crippen LogP contribution >= 0.6 is 21.4 Å². The third-order valence-corrected chi connectivity index (χ3v) is 3.86. The molecule has 0 spiro atoms. The summed E-state index contributed by atoms with van der Waals surface area (Å²) in [5.41, 5.74) is 0. The molecule has 0 bridgehead atoms. The molecule has 0 radical (unpaired) electrons. The van der Waals surface area contributed by atoms with Gasteiger partial charge in [0.2, 0.25) is 0 Å². The number of para-hydroxylation sites is 1. The molecule has 7 nitrogen and oxygen atoms in total. The minimum atomic E-state index is -4.19. The molecule has 11 heteroatoms. The van der Waals surface area contributed by atoms with Gasteiger partial charge in [0.1, 0.15) is 24.7 Å². The second kappa shape index (κ2) is 13.7. The molecule has 2 aromatic carbocycles. The van der Waals surface area contributed by atoms with Gasteiger partial charge in [-0.2, -0.15) is 8.42 Å². The van der Waals surface area contributed by atoms with Crippen LogP contribution in [0.15, 0.2) is 59.5 Å². The first kappa shape index (κ1) is 26.6. The molecule has 0 saturated carbocycles. The molecule has 0 saturated heterocycles. The van der Waals surface area contributed by atoms with Crippen LogP contribution in [0, 0.1) is 24.7 Å². The van der Waals surface area contributed by atoms with E-state index in [4.69, 9.17) is 46.0 Å². The van der Waals surface area contributed by atoms with Crippen LogP contribution in [0.2, 0.25) is 0 Å². The van der Waals surface area contributed by atoms with Crippen LogP contribution in [-0.4, -0.2) is 34.6 Å². The van der Waals surface area contributed by atoms with Crippen LogP contribution in [0.25, 0.3) is 0 Å². The zero-order valence-corrected chi connectivity index (χ0v) is 17.9. The van der Waals surface area contributed by atoms with Crippen LogP contribution in [0.1, 0.15) is 0 Å². The van der Waals surface area contributed by atoms with Crippen molar-refractivity contribution in [2.75, 3.05) is 13.2 Å². The molecule has 0 aliphatic rings. The van der Waals surface area contributed by atoms with E-state index in [0.717, 1.165) is 5.75 Å². The van der Waals surface area contributed by atoms with Gasteiger partial charge in [-0.15, -0.1) is 12.8 Å². The summed E-state index contributed by atoms with van der Waals surface area (Å²) in [6.07, 6.45) is 9.98. The normalized spacial score (nSPS) is 9.97. The van der Waals surface area contributed by atoms with Gasteiger partial charge in [0.25, 0.3) is 9.05 Å². The minimum Gasteiger partial charge on any atom is -0.481 e. The summed E-state index contributed by atoms with van der Waals surface area (Å²) < 4.78 is 57.0. The molecule has 0 heterocycles. The molecule has 0 atom stereocenters. The fourth-order valence-electron chi connectivity index (χ4n) is 1.47. The van der Waals surface area contributed by atoms with E-state index < -0.39 is 18.4 Å². The molecule has 2 rings (SSSR count). The SMILES string of the molecule is C#CCOc1ccc(S(=O)(=O)Cl)cc1.C#CCOc1ccccc1.O=S(=O)(O)Cl. The Morgan fingerprint density at radius 2 is 1.17 bits per heavy atom. The van der Waals surface area contributed by atoms with Crippen molar-refractivity contribution in [3.8, 4) is 36.2 Å². The Morgan fingerprint density at radius 1 is 0.793 bits per heavy atom. The van der Waals surface area contributed by atoms with Gasteiger partial charge in [-0.3, -0.25) is 4.55 Å². The maximum atomic E-state index is 10.9. The van der Waals surface area contributed by atoms with Gasteiger partial charge >= 0.3 is 9.33 Å². The van der Waals surface area contributed by atoms with Crippen molar-refractivity contribution in [1.29, 1.82) is 0 Å². The van der Waals surface area contributed by atoms with Gasteiger partial charge in [0.15, 0.2) is 0 Å². The van der Waals surface area contributed by atoms with Gasteiger partial charge < -0.3 is 9.47 Å². The molecule has 0 aliphatic carbocycles. The summed E-state index contributed by atoms with van der Waals surface area (Å²) in [5, 5.41) is 0. The quantitative estimate of drug-likeness (QED) is 0.398. The van der Waals surface area contributed by atoms with Gasteiger partial charge in [0, 0.05) is 21.4 Å². The number of benzene rings is 2.